The van der Waals surface area contributed by atoms with Crippen LogP contribution in [-0.4, -0.2) is 25.1 Å². The minimum atomic E-state index is -0.267. The highest BCUT2D eigenvalue weighted by atomic mass is 19.1. The maximum Gasteiger partial charge on any atom is 0.233 e. The van der Waals surface area contributed by atoms with Gasteiger partial charge in [-0.3, -0.25) is 5.10 Å². The largest absolute Gasteiger partial charge is 0.348 e. The molecule has 0 aliphatic carbocycles. The van der Waals surface area contributed by atoms with Gasteiger partial charge in [-0.1, -0.05) is 42.5 Å². The van der Waals surface area contributed by atoms with Crippen molar-refractivity contribution in [3.05, 3.63) is 78.4 Å². The van der Waals surface area contributed by atoms with Gasteiger partial charge in [0.2, 0.25) is 11.9 Å². The van der Waals surface area contributed by atoms with Gasteiger partial charge < -0.3 is 10.6 Å². The molecule has 4 rings (SSSR count). The predicted molar refractivity (Wildman–Crippen MR) is 106 cm³/mol. The van der Waals surface area contributed by atoms with Gasteiger partial charge in [-0.15, -0.1) is 0 Å². The van der Waals surface area contributed by atoms with Crippen LogP contribution in [0.5, 0.6) is 0 Å². The Morgan fingerprint density at radius 1 is 0.964 bits per heavy atom. The maximum absolute atomic E-state index is 13.1. The summed E-state index contributed by atoms with van der Waals surface area (Å²) in [4.78, 5) is 12.6. The number of hydrogen-bond acceptors (Lipinski definition) is 6. The third-order valence-corrected chi connectivity index (χ3v) is 4.19. The molecule has 1 unspecified atom stereocenters. The van der Waals surface area contributed by atoms with Crippen LogP contribution in [0.25, 0.3) is 11.3 Å². The first kappa shape index (κ1) is 17.6. The van der Waals surface area contributed by atoms with Crippen molar-refractivity contribution in [1.82, 2.24) is 25.1 Å². The zero-order chi connectivity index (χ0) is 19.3. The molecule has 8 heteroatoms. The van der Waals surface area contributed by atoms with E-state index in [0.29, 0.717) is 17.7 Å². The third kappa shape index (κ3) is 4.12. The van der Waals surface area contributed by atoms with Crippen LogP contribution in [-0.2, 0) is 0 Å². The fourth-order valence-electron chi connectivity index (χ4n) is 2.72. The predicted octanol–water partition coefficient (Wildman–Crippen LogP) is 4.32. The molecule has 28 heavy (non-hydrogen) atoms. The molecular formula is C20H18FN7. The summed E-state index contributed by atoms with van der Waals surface area (Å²) in [7, 11) is 0. The van der Waals surface area contributed by atoms with Gasteiger partial charge in [0.05, 0.1) is 11.7 Å². The molecule has 3 N–H and O–H groups in total. The SMILES string of the molecule is CC(Nc1ncnc(Nc2cc(-c3ccccc3)[nH]n2)n1)c1ccc(F)cc1. The average molecular weight is 375 g/mol. The molecule has 0 aliphatic heterocycles. The number of rotatable bonds is 6. The van der Waals surface area contributed by atoms with Crippen LogP contribution in [0.15, 0.2) is 67.0 Å². The summed E-state index contributed by atoms with van der Waals surface area (Å²) >= 11 is 0. The fourth-order valence-corrected chi connectivity index (χ4v) is 2.72. The Bertz CT molecular complexity index is 1050. The van der Waals surface area contributed by atoms with Crippen molar-refractivity contribution in [3.63, 3.8) is 0 Å². The molecule has 140 valence electrons. The van der Waals surface area contributed by atoms with Crippen LogP contribution in [0.3, 0.4) is 0 Å². The Morgan fingerprint density at radius 2 is 1.71 bits per heavy atom. The molecule has 0 spiro atoms. The maximum atomic E-state index is 13.1. The molecule has 0 bridgehead atoms. The molecule has 7 nitrogen and oxygen atoms in total. The van der Waals surface area contributed by atoms with Gasteiger partial charge in [-0.2, -0.15) is 10.1 Å². The number of hydrogen-bond donors (Lipinski definition) is 3. The molecule has 1 atom stereocenters. The number of benzene rings is 2. The lowest BCUT2D eigenvalue weighted by Crippen LogP contribution is -2.11. The van der Waals surface area contributed by atoms with Gasteiger partial charge in [0.15, 0.2) is 5.82 Å². The van der Waals surface area contributed by atoms with Crippen LogP contribution in [0.2, 0.25) is 0 Å². The summed E-state index contributed by atoms with van der Waals surface area (Å²) in [5.74, 6) is 1.11. The van der Waals surface area contributed by atoms with E-state index >= 15 is 0 Å². The van der Waals surface area contributed by atoms with Crippen LogP contribution < -0.4 is 10.6 Å². The smallest absolute Gasteiger partial charge is 0.233 e. The Balaban J connectivity index is 1.45. The van der Waals surface area contributed by atoms with Crippen LogP contribution in [0, 0.1) is 5.82 Å². The number of nitrogens with one attached hydrogen (secondary N) is 3. The van der Waals surface area contributed by atoms with Gasteiger partial charge >= 0.3 is 0 Å². The molecule has 0 amide bonds. The topological polar surface area (TPSA) is 91.4 Å². The molecule has 2 aromatic heterocycles. The standard InChI is InChI=1S/C20H18FN7/c1-13(14-7-9-16(21)10-8-14)24-19-22-12-23-20(26-19)25-18-11-17(27-28-18)15-5-3-2-4-6-15/h2-13H,1H3,(H3,22,23,24,25,26,27,28). The molecule has 0 radical (unpaired) electrons. The van der Waals surface area contributed by atoms with Gasteiger partial charge in [0.25, 0.3) is 0 Å². The molecule has 0 saturated heterocycles. The second kappa shape index (κ2) is 7.83. The Kier molecular flexibility index (Phi) is 4.92. The lowest BCUT2D eigenvalue weighted by Gasteiger charge is -2.14. The van der Waals surface area contributed by atoms with E-state index in [-0.39, 0.29) is 11.9 Å². The number of anilines is 3. The van der Waals surface area contributed by atoms with Gasteiger partial charge in [-0.25, -0.2) is 14.4 Å². The number of nitrogens with zero attached hydrogens (tertiary/aromatic N) is 4. The van der Waals surface area contributed by atoms with Crippen molar-refractivity contribution in [2.24, 2.45) is 0 Å². The minimum absolute atomic E-state index is 0.0917. The van der Waals surface area contributed by atoms with E-state index in [1.165, 1.54) is 18.5 Å². The van der Waals surface area contributed by atoms with E-state index in [1.54, 1.807) is 12.1 Å². The van der Waals surface area contributed by atoms with Gasteiger partial charge in [0, 0.05) is 6.07 Å². The summed E-state index contributed by atoms with van der Waals surface area (Å²) in [6.07, 6.45) is 1.42. The lowest BCUT2D eigenvalue weighted by molar-refractivity contribution is 0.626. The van der Waals surface area contributed by atoms with E-state index in [2.05, 4.69) is 35.8 Å². The van der Waals surface area contributed by atoms with Crippen molar-refractivity contribution < 1.29 is 4.39 Å². The van der Waals surface area contributed by atoms with Crippen molar-refractivity contribution in [1.29, 1.82) is 0 Å². The first-order valence-corrected chi connectivity index (χ1v) is 8.76. The summed E-state index contributed by atoms with van der Waals surface area (Å²) in [5, 5.41) is 13.5. The minimum Gasteiger partial charge on any atom is -0.348 e. The second-order valence-corrected chi connectivity index (χ2v) is 6.21. The summed E-state index contributed by atoms with van der Waals surface area (Å²) in [6.45, 7) is 1.95. The van der Waals surface area contributed by atoms with Crippen molar-refractivity contribution in [3.8, 4) is 11.3 Å². The highest BCUT2D eigenvalue weighted by Crippen LogP contribution is 2.21. The van der Waals surface area contributed by atoms with Crippen molar-refractivity contribution in [2.45, 2.75) is 13.0 Å². The lowest BCUT2D eigenvalue weighted by atomic mass is 10.1. The van der Waals surface area contributed by atoms with Crippen LogP contribution in [0.1, 0.15) is 18.5 Å². The fraction of sp³-hybridized carbons (Fsp3) is 0.100. The van der Waals surface area contributed by atoms with E-state index < -0.39 is 0 Å². The summed E-state index contributed by atoms with van der Waals surface area (Å²) in [5.41, 5.74) is 2.85. The number of aromatic nitrogens is 5. The molecule has 0 aliphatic rings. The van der Waals surface area contributed by atoms with E-state index in [1.807, 2.05) is 43.3 Å². The summed E-state index contributed by atoms with van der Waals surface area (Å²) in [6, 6.07) is 18.0. The number of H-pyrrole nitrogens is 1. The highest BCUT2D eigenvalue weighted by Gasteiger charge is 2.10. The Hall–Kier alpha value is -3.81. The Labute approximate surface area is 161 Å². The van der Waals surface area contributed by atoms with Gasteiger partial charge in [0.1, 0.15) is 12.1 Å². The monoisotopic (exact) mass is 375 g/mol. The zero-order valence-electron chi connectivity index (χ0n) is 15.1. The quantitative estimate of drug-likeness (QED) is 0.465. The molecule has 2 heterocycles. The van der Waals surface area contributed by atoms with Gasteiger partial charge in [-0.05, 0) is 30.2 Å². The van der Waals surface area contributed by atoms with Crippen molar-refractivity contribution in [2.75, 3.05) is 10.6 Å². The number of halogens is 1. The van der Waals surface area contributed by atoms with E-state index in [4.69, 9.17) is 0 Å². The molecule has 0 saturated carbocycles. The molecule has 4 aromatic rings. The Morgan fingerprint density at radius 3 is 2.50 bits per heavy atom. The normalized spacial score (nSPS) is 11.8. The van der Waals surface area contributed by atoms with Crippen LogP contribution in [0.4, 0.5) is 22.1 Å². The van der Waals surface area contributed by atoms with E-state index in [9.17, 15) is 4.39 Å². The number of aromatic amines is 1. The second-order valence-electron chi connectivity index (χ2n) is 6.21. The zero-order valence-corrected chi connectivity index (χ0v) is 15.1. The third-order valence-electron chi connectivity index (χ3n) is 4.19. The molecule has 2 aromatic carbocycles. The first-order chi connectivity index (χ1) is 13.7. The highest BCUT2D eigenvalue weighted by molar-refractivity contribution is 5.64. The van der Waals surface area contributed by atoms with Crippen molar-refractivity contribution >= 4 is 17.7 Å². The van der Waals surface area contributed by atoms with E-state index in [0.717, 1.165) is 16.8 Å². The molecule has 0 fully saturated rings. The van der Waals surface area contributed by atoms with Crippen LogP contribution >= 0.6 is 0 Å². The summed E-state index contributed by atoms with van der Waals surface area (Å²) < 4.78 is 13.1. The average Bonchev–Trinajstić information content (AvgIpc) is 3.18. The molecular weight excluding hydrogens is 357 g/mol. The first-order valence-electron chi connectivity index (χ1n) is 8.76.